The largest absolute Gasteiger partial charge is 0.496 e. The Morgan fingerprint density at radius 2 is 1.95 bits per heavy atom. The van der Waals surface area contributed by atoms with E-state index in [1.54, 1.807) is 18.4 Å². The molecule has 2 rings (SSSR count). The van der Waals surface area contributed by atoms with Crippen LogP contribution in [0.1, 0.15) is 33.9 Å². The molecule has 0 aliphatic rings. The normalized spacial score (nSPS) is 12.4. The molecular formula is C16H20O2S. The minimum Gasteiger partial charge on any atom is -0.496 e. The quantitative estimate of drug-likeness (QED) is 0.897. The van der Waals surface area contributed by atoms with Crippen LogP contribution in [0.5, 0.6) is 5.75 Å². The van der Waals surface area contributed by atoms with Crippen LogP contribution in [0.4, 0.5) is 0 Å². The molecule has 1 aromatic carbocycles. The lowest BCUT2D eigenvalue weighted by molar-refractivity contribution is 0.175. The van der Waals surface area contributed by atoms with Gasteiger partial charge in [0.1, 0.15) is 5.75 Å². The highest BCUT2D eigenvalue weighted by atomic mass is 32.1. The maximum atomic E-state index is 10.4. The van der Waals surface area contributed by atoms with Gasteiger partial charge in [-0.05, 0) is 37.1 Å². The predicted octanol–water partition coefficient (Wildman–Crippen LogP) is 3.90. The summed E-state index contributed by atoms with van der Waals surface area (Å²) in [6, 6.07) is 10.2. The van der Waals surface area contributed by atoms with E-state index in [-0.39, 0.29) is 0 Å². The number of aliphatic hydroxyl groups is 1. The van der Waals surface area contributed by atoms with Crippen molar-refractivity contribution in [2.75, 3.05) is 7.11 Å². The zero-order valence-corrected chi connectivity index (χ0v) is 12.5. The average Bonchev–Trinajstić information content (AvgIpc) is 2.86. The predicted molar refractivity (Wildman–Crippen MR) is 80.1 cm³/mol. The smallest absolute Gasteiger partial charge is 0.124 e. The van der Waals surface area contributed by atoms with Crippen LogP contribution in [0, 0.1) is 6.92 Å². The Labute approximate surface area is 118 Å². The highest BCUT2D eigenvalue weighted by Gasteiger charge is 2.15. The zero-order valence-electron chi connectivity index (χ0n) is 11.6. The standard InChI is InChI=1S/C16H20O2S/c1-4-12-6-7-13(19-12)10-15(17)14-8-5-11(2)9-16(14)18-3/h5-9,15,17H,4,10H2,1-3H3. The van der Waals surface area contributed by atoms with Crippen molar-refractivity contribution >= 4 is 11.3 Å². The molecule has 1 heterocycles. The van der Waals surface area contributed by atoms with Gasteiger partial charge in [0.2, 0.25) is 0 Å². The van der Waals surface area contributed by atoms with Gasteiger partial charge in [-0.25, -0.2) is 0 Å². The zero-order chi connectivity index (χ0) is 13.8. The van der Waals surface area contributed by atoms with Crippen molar-refractivity contribution in [3.8, 4) is 5.75 Å². The monoisotopic (exact) mass is 276 g/mol. The van der Waals surface area contributed by atoms with Crippen molar-refractivity contribution in [3.63, 3.8) is 0 Å². The second kappa shape index (κ2) is 6.22. The Morgan fingerprint density at radius 3 is 2.58 bits per heavy atom. The Hall–Kier alpha value is -1.32. The Balaban J connectivity index is 2.17. The molecule has 0 aliphatic heterocycles. The molecule has 1 atom stereocenters. The third-order valence-corrected chi connectivity index (χ3v) is 4.46. The second-order valence-electron chi connectivity index (χ2n) is 4.69. The molecule has 1 unspecified atom stereocenters. The third kappa shape index (κ3) is 3.37. The van der Waals surface area contributed by atoms with Crippen molar-refractivity contribution in [2.24, 2.45) is 0 Å². The first kappa shape index (κ1) is 14.1. The van der Waals surface area contributed by atoms with Crippen LogP contribution in [0.25, 0.3) is 0 Å². The summed E-state index contributed by atoms with van der Waals surface area (Å²) >= 11 is 1.77. The highest BCUT2D eigenvalue weighted by Crippen LogP contribution is 2.30. The fourth-order valence-corrected chi connectivity index (χ4v) is 3.11. The fraction of sp³-hybridized carbons (Fsp3) is 0.375. The number of benzene rings is 1. The average molecular weight is 276 g/mol. The number of hydrogen-bond acceptors (Lipinski definition) is 3. The van der Waals surface area contributed by atoms with E-state index in [9.17, 15) is 5.11 Å². The van der Waals surface area contributed by atoms with Gasteiger partial charge < -0.3 is 9.84 Å². The molecule has 0 spiro atoms. The van der Waals surface area contributed by atoms with Crippen molar-refractivity contribution in [2.45, 2.75) is 32.8 Å². The number of aliphatic hydroxyl groups excluding tert-OH is 1. The van der Waals surface area contributed by atoms with Crippen molar-refractivity contribution in [3.05, 3.63) is 51.2 Å². The molecule has 0 aliphatic carbocycles. The van der Waals surface area contributed by atoms with Gasteiger partial charge in [-0.15, -0.1) is 11.3 Å². The maximum absolute atomic E-state index is 10.4. The molecular weight excluding hydrogens is 256 g/mol. The summed E-state index contributed by atoms with van der Waals surface area (Å²) in [6.45, 7) is 4.17. The highest BCUT2D eigenvalue weighted by molar-refractivity contribution is 7.11. The summed E-state index contributed by atoms with van der Waals surface area (Å²) in [5.41, 5.74) is 2.00. The lowest BCUT2D eigenvalue weighted by atomic mass is 10.0. The van der Waals surface area contributed by atoms with E-state index in [0.29, 0.717) is 6.42 Å². The molecule has 0 saturated heterocycles. The molecule has 2 aromatic rings. The van der Waals surface area contributed by atoms with Crippen LogP contribution < -0.4 is 4.74 Å². The van der Waals surface area contributed by atoms with Gasteiger partial charge in [0.15, 0.2) is 0 Å². The number of hydrogen-bond donors (Lipinski definition) is 1. The first-order chi connectivity index (χ1) is 9.13. The van der Waals surface area contributed by atoms with Gasteiger partial charge in [-0.2, -0.15) is 0 Å². The summed E-state index contributed by atoms with van der Waals surface area (Å²) in [5, 5.41) is 10.4. The van der Waals surface area contributed by atoms with Crippen LogP contribution in [-0.4, -0.2) is 12.2 Å². The first-order valence-electron chi connectivity index (χ1n) is 6.54. The van der Waals surface area contributed by atoms with Crippen molar-refractivity contribution in [1.82, 2.24) is 0 Å². The number of rotatable bonds is 5. The molecule has 102 valence electrons. The topological polar surface area (TPSA) is 29.5 Å². The summed E-state index contributed by atoms with van der Waals surface area (Å²) in [7, 11) is 1.64. The van der Waals surface area contributed by atoms with Gasteiger partial charge in [-0.1, -0.05) is 19.1 Å². The summed E-state index contributed by atoms with van der Waals surface area (Å²) in [5.74, 6) is 0.764. The molecule has 1 aromatic heterocycles. The molecule has 0 amide bonds. The van der Waals surface area contributed by atoms with Crippen LogP contribution in [0.15, 0.2) is 30.3 Å². The van der Waals surface area contributed by atoms with E-state index in [4.69, 9.17) is 4.74 Å². The minimum absolute atomic E-state index is 0.515. The Morgan fingerprint density at radius 1 is 1.21 bits per heavy atom. The Bertz CT molecular complexity index is 545. The summed E-state index contributed by atoms with van der Waals surface area (Å²) in [4.78, 5) is 2.57. The minimum atomic E-state index is -0.515. The van der Waals surface area contributed by atoms with Crippen LogP contribution in [0.2, 0.25) is 0 Å². The molecule has 0 fully saturated rings. The second-order valence-corrected chi connectivity index (χ2v) is 5.94. The van der Waals surface area contributed by atoms with Crippen molar-refractivity contribution < 1.29 is 9.84 Å². The van der Waals surface area contributed by atoms with Crippen LogP contribution in [-0.2, 0) is 12.8 Å². The van der Waals surface area contributed by atoms with Crippen LogP contribution in [0.3, 0.4) is 0 Å². The SMILES string of the molecule is CCc1ccc(CC(O)c2ccc(C)cc2OC)s1. The number of methoxy groups -OCH3 is 1. The van der Waals surface area contributed by atoms with Gasteiger partial charge in [0, 0.05) is 21.7 Å². The molecule has 0 bridgehead atoms. The fourth-order valence-electron chi connectivity index (χ4n) is 2.12. The van der Waals surface area contributed by atoms with E-state index in [0.717, 1.165) is 23.3 Å². The van der Waals surface area contributed by atoms with Gasteiger partial charge in [-0.3, -0.25) is 0 Å². The maximum Gasteiger partial charge on any atom is 0.124 e. The molecule has 0 radical (unpaired) electrons. The van der Waals surface area contributed by atoms with Gasteiger partial charge >= 0.3 is 0 Å². The molecule has 1 N–H and O–H groups in total. The van der Waals surface area contributed by atoms with Gasteiger partial charge in [0.05, 0.1) is 13.2 Å². The lowest BCUT2D eigenvalue weighted by Crippen LogP contribution is -2.03. The first-order valence-corrected chi connectivity index (χ1v) is 7.36. The Kier molecular flexibility index (Phi) is 4.61. The number of ether oxygens (including phenoxy) is 1. The van der Waals surface area contributed by atoms with E-state index in [1.165, 1.54) is 9.75 Å². The van der Waals surface area contributed by atoms with Gasteiger partial charge in [0.25, 0.3) is 0 Å². The number of thiophene rings is 1. The van der Waals surface area contributed by atoms with E-state index in [1.807, 2.05) is 25.1 Å². The molecule has 19 heavy (non-hydrogen) atoms. The van der Waals surface area contributed by atoms with Crippen molar-refractivity contribution in [1.29, 1.82) is 0 Å². The van der Waals surface area contributed by atoms with E-state index >= 15 is 0 Å². The summed E-state index contributed by atoms with van der Waals surface area (Å²) in [6.07, 6.45) is 1.18. The molecule has 0 saturated carbocycles. The lowest BCUT2D eigenvalue weighted by Gasteiger charge is -2.14. The third-order valence-electron chi connectivity index (χ3n) is 3.21. The molecule has 3 heteroatoms. The van der Waals surface area contributed by atoms with E-state index in [2.05, 4.69) is 19.1 Å². The molecule has 2 nitrogen and oxygen atoms in total. The summed E-state index contributed by atoms with van der Waals surface area (Å²) < 4.78 is 5.35. The van der Waals surface area contributed by atoms with Crippen LogP contribution >= 0.6 is 11.3 Å². The van der Waals surface area contributed by atoms with E-state index < -0.39 is 6.10 Å². The number of aryl methyl sites for hydroxylation is 2.